The van der Waals surface area contributed by atoms with Crippen molar-refractivity contribution in [1.29, 1.82) is 0 Å². The molecule has 0 radical (unpaired) electrons. The molecular weight excluding hydrogens is 501 g/mol. The van der Waals surface area contributed by atoms with Crippen LogP contribution in [0.2, 0.25) is 0 Å². The van der Waals surface area contributed by atoms with Gasteiger partial charge in [-0.15, -0.1) is 5.10 Å². The first-order chi connectivity index (χ1) is 18.0. The minimum Gasteiger partial charge on any atom is -0.382 e. The second-order valence-electron chi connectivity index (χ2n) is 8.60. The molecule has 3 heterocycles. The quantitative estimate of drug-likeness (QED) is 0.286. The number of carbonyl (C=O) groups is 2. The first-order valence-corrected chi connectivity index (χ1v) is 11.3. The van der Waals surface area contributed by atoms with E-state index >= 15 is 0 Å². The maximum Gasteiger partial charge on any atom is 0.405 e. The van der Waals surface area contributed by atoms with E-state index in [4.69, 9.17) is 5.73 Å². The lowest BCUT2D eigenvalue weighted by atomic mass is 10.1. The van der Waals surface area contributed by atoms with Crippen LogP contribution in [0.5, 0.6) is 0 Å². The number of aromatic nitrogens is 5. The average molecular weight is 522 g/mol. The Morgan fingerprint density at radius 2 is 1.79 bits per heavy atom. The number of nitrogens with one attached hydrogen (secondary N) is 2. The maximum atomic E-state index is 12.4. The van der Waals surface area contributed by atoms with E-state index in [0.29, 0.717) is 22.6 Å². The predicted molar refractivity (Wildman–Crippen MR) is 135 cm³/mol. The molecule has 3 aromatic heterocycles. The standard InChI is InChI=1S/C25H21F3N8O2/c1-13(37)15-5-8-18-19(11-15)35(2)24(32-18)31-16-6-3-14(4-7-16)17-9-10-36-20(17)21(29)33-22(34-36)23(38)30-12-25(26,27)28/h3-11H,12H2,1-2H3,(H,30,38)(H,31,32)(H2,29,33,34). The van der Waals surface area contributed by atoms with Gasteiger partial charge in [0.05, 0.1) is 11.0 Å². The van der Waals surface area contributed by atoms with Gasteiger partial charge in [0.15, 0.2) is 11.6 Å². The Balaban J connectivity index is 1.38. The number of Topliss-reactive ketones (excluding diaryl/α,β-unsaturated/α-hetero) is 1. The Bertz CT molecular complexity index is 1700. The van der Waals surface area contributed by atoms with E-state index in [1.54, 1.807) is 35.8 Å². The molecule has 2 aromatic carbocycles. The number of hydrogen-bond donors (Lipinski definition) is 3. The second kappa shape index (κ2) is 9.18. The van der Waals surface area contributed by atoms with Crippen LogP contribution in [0.4, 0.5) is 30.6 Å². The van der Waals surface area contributed by atoms with Gasteiger partial charge < -0.3 is 20.9 Å². The molecule has 5 rings (SSSR count). The molecule has 0 atom stereocenters. The molecule has 194 valence electrons. The van der Waals surface area contributed by atoms with Gasteiger partial charge in [-0.1, -0.05) is 12.1 Å². The van der Waals surface area contributed by atoms with Gasteiger partial charge in [0.2, 0.25) is 11.8 Å². The molecule has 0 spiro atoms. The number of carbonyl (C=O) groups excluding carboxylic acids is 2. The highest BCUT2D eigenvalue weighted by Gasteiger charge is 2.29. The monoisotopic (exact) mass is 522 g/mol. The number of aryl methyl sites for hydroxylation is 1. The number of anilines is 3. The van der Waals surface area contributed by atoms with Gasteiger partial charge in [0.1, 0.15) is 12.1 Å². The summed E-state index contributed by atoms with van der Waals surface area (Å²) in [5, 5.41) is 9.00. The van der Waals surface area contributed by atoms with Crippen LogP contribution >= 0.6 is 0 Å². The van der Waals surface area contributed by atoms with E-state index in [2.05, 4.69) is 20.4 Å². The highest BCUT2D eigenvalue weighted by atomic mass is 19.4. The SMILES string of the molecule is CC(=O)c1ccc2nc(Nc3ccc(-c4ccn5nc(C(=O)NCC(F)(F)F)nc(N)c45)cc3)n(C)c2c1. The van der Waals surface area contributed by atoms with Gasteiger partial charge in [-0.25, -0.2) is 14.5 Å². The van der Waals surface area contributed by atoms with Crippen LogP contribution in [0.3, 0.4) is 0 Å². The van der Waals surface area contributed by atoms with Crippen LogP contribution in [-0.2, 0) is 7.05 Å². The maximum absolute atomic E-state index is 12.4. The van der Waals surface area contributed by atoms with Gasteiger partial charge in [-0.05, 0) is 48.9 Å². The van der Waals surface area contributed by atoms with Gasteiger partial charge in [-0.2, -0.15) is 13.2 Å². The topological polar surface area (TPSA) is 132 Å². The number of rotatable bonds is 6. The second-order valence-corrected chi connectivity index (χ2v) is 8.60. The molecule has 13 heteroatoms. The van der Waals surface area contributed by atoms with Crippen LogP contribution in [-0.4, -0.2) is 48.6 Å². The average Bonchev–Trinajstić information content (AvgIpc) is 3.44. The fourth-order valence-corrected chi connectivity index (χ4v) is 4.02. The minimum absolute atomic E-state index is 0.0247. The smallest absolute Gasteiger partial charge is 0.382 e. The summed E-state index contributed by atoms with van der Waals surface area (Å²) in [4.78, 5) is 32.3. The number of fused-ring (bicyclic) bond motifs is 2. The Morgan fingerprint density at radius 1 is 1.05 bits per heavy atom. The fraction of sp³-hybridized carbons (Fsp3) is 0.160. The van der Waals surface area contributed by atoms with Crippen LogP contribution in [0.15, 0.2) is 54.7 Å². The summed E-state index contributed by atoms with van der Waals surface area (Å²) in [6.45, 7) is 0.0129. The Kier molecular flexibility index (Phi) is 5.97. The number of benzene rings is 2. The Hall–Kier alpha value is -4.94. The summed E-state index contributed by atoms with van der Waals surface area (Å²) >= 11 is 0. The molecule has 5 aromatic rings. The molecular formula is C25H21F3N8O2. The highest BCUT2D eigenvalue weighted by Crippen LogP contribution is 2.30. The number of halogens is 3. The Labute approximate surface area is 213 Å². The Morgan fingerprint density at radius 3 is 2.47 bits per heavy atom. The van der Waals surface area contributed by atoms with E-state index in [1.807, 2.05) is 35.9 Å². The van der Waals surface area contributed by atoms with Crippen LogP contribution < -0.4 is 16.4 Å². The number of alkyl halides is 3. The third-order valence-corrected chi connectivity index (χ3v) is 5.93. The van der Waals surface area contributed by atoms with Crippen LogP contribution in [0, 0.1) is 0 Å². The van der Waals surface area contributed by atoms with Gasteiger partial charge in [0.25, 0.3) is 5.91 Å². The van der Waals surface area contributed by atoms with Gasteiger partial charge >= 0.3 is 6.18 Å². The van der Waals surface area contributed by atoms with Crippen molar-refractivity contribution in [2.75, 3.05) is 17.6 Å². The highest BCUT2D eigenvalue weighted by molar-refractivity contribution is 5.98. The number of nitrogen functional groups attached to an aromatic ring is 1. The lowest BCUT2D eigenvalue weighted by Gasteiger charge is -2.09. The lowest BCUT2D eigenvalue weighted by Crippen LogP contribution is -2.35. The van der Waals surface area contributed by atoms with E-state index in [1.165, 1.54) is 11.4 Å². The van der Waals surface area contributed by atoms with E-state index in [-0.39, 0.29) is 11.6 Å². The van der Waals surface area contributed by atoms with Crippen molar-refractivity contribution in [3.8, 4) is 11.1 Å². The molecule has 0 aliphatic heterocycles. The van der Waals surface area contributed by atoms with E-state index < -0.39 is 24.5 Å². The van der Waals surface area contributed by atoms with E-state index in [9.17, 15) is 22.8 Å². The zero-order valence-electron chi connectivity index (χ0n) is 20.2. The zero-order chi connectivity index (χ0) is 27.2. The third-order valence-electron chi connectivity index (χ3n) is 5.93. The molecule has 1 amide bonds. The summed E-state index contributed by atoms with van der Waals surface area (Å²) in [6.07, 6.45) is -3.01. The first-order valence-electron chi connectivity index (χ1n) is 11.3. The fourth-order valence-electron chi connectivity index (χ4n) is 4.02. The van der Waals surface area contributed by atoms with Gasteiger partial charge in [0, 0.05) is 30.1 Å². The molecule has 0 unspecified atom stereocenters. The van der Waals surface area contributed by atoms with Crippen molar-refractivity contribution in [2.24, 2.45) is 7.05 Å². The predicted octanol–water partition coefficient (Wildman–Crippen LogP) is 4.10. The van der Waals surface area contributed by atoms with Crippen molar-refractivity contribution in [3.05, 3.63) is 66.1 Å². The zero-order valence-corrected chi connectivity index (χ0v) is 20.2. The molecule has 4 N–H and O–H groups in total. The summed E-state index contributed by atoms with van der Waals surface area (Å²) in [5.74, 6) is -1.04. The van der Waals surface area contributed by atoms with Crippen molar-refractivity contribution < 1.29 is 22.8 Å². The lowest BCUT2D eigenvalue weighted by molar-refractivity contribution is -0.123. The largest absolute Gasteiger partial charge is 0.405 e. The number of ketones is 1. The molecule has 0 bridgehead atoms. The van der Waals surface area contributed by atoms with E-state index in [0.717, 1.165) is 22.3 Å². The summed E-state index contributed by atoms with van der Waals surface area (Å²) in [5.41, 5.74) is 10.9. The van der Waals surface area contributed by atoms with Crippen molar-refractivity contribution in [2.45, 2.75) is 13.1 Å². The molecule has 0 aliphatic carbocycles. The minimum atomic E-state index is -4.56. The number of hydrogen-bond acceptors (Lipinski definition) is 7. The van der Waals surface area contributed by atoms with Crippen molar-refractivity contribution in [1.82, 2.24) is 29.5 Å². The molecule has 10 nitrogen and oxygen atoms in total. The van der Waals surface area contributed by atoms with Crippen molar-refractivity contribution >= 4 is 45.7 Å². The third kappa shape index (κ3) is 4.73. The molecule has 0 saturated carbocycles. The number of imidazole rings is 1. The summed E-state index contributed by atoms with van der Waals surface area (Å²) < 4.78 is 40.4. The summed E-state index contributed by atoms with van der Waals surface area (Å²) in [7, 11) is 1.85. The summed E-state index contributed by atoms with van der Waals surface area (Å²) in [6, 6.07) is 14.4. The molecule has 0 aliphatic rings. The van der Waals surface area contributed by atoms with Gasteiger partial charge in [-0.3, -0.25) is 9.59 Å². The number of nitrogens with zero attached hydrogens (tertiary/aromatic N) is 5. The van der Waals surface area contributed by atoms with Crippen molar-refractivity contribution in [3.63, 3.8) is 0 Å². The molecule has 0 fully saturated rings. The van der Waals surface area contributed by atoms with Crippen LogP contribution in [0.25, 0.3) is 27.7 Å². The first kappa shape index (κ1) is 24.7. The number of nitrogens with two attached hydrogens (primary N) is 1. The molecule has 38 heavy (non-hydrogen) atoms. The normalized spacial score (nSPS) is 11.7. The molecule has 0 saturated heterocycles. The van der Waals surface area contributed by atoms with Crippen LogP contribution in [0.1, 0.15) is 27.9 Å². The number of amides is 1.